The van der Waals surface area contributed by atoms with Gasteiger partial charge in [0.2, 0.25) is 5.91 Å². The molecule has 2 rings (SSSR count). The summed E-state index contributed by atoms with van der Waals surface area (Å²) in [6.45, 7) is 0. The van der Waals surface area contributed by atoms with Crippen molar-refractivity contribution in [3.63, 3.8) is 0 Å². The second-order valence-corrected chi connectivity index (χ2v) is 6.55. The molecule has 0 saturated heterocycles. The lowest BCUT2D eigenvalue weighted by molar-refractivity contribution is -0.113. The Morgan fingerprint density at radius 3 is 3.00 bits per heavy atom. The first-order valence-electron chi connectivity index (χ1n) is 5.72. The third-order valence-corrected chi connectivity index (χ3v) is 4.65. The van der Waals surface area contributed by atoms with Crippen molar-refractivity contribution in [2.24, 2.45) is 7.05 Å². The van der Waals surface area contributed by atoms with Gasteiger partial charge in [0.25, 0.3) is 0 Å². The number of hydrogen-bond donors (Lipinski definition) is 1. The number of aromatic nitrogens is 3. The number of nitriles is 1. The van der Waals surface area contributed by atoms with Gasteiger partial charge in [0.1, 0.15) is 11.7 Å². The summed E-state index contributed by atoms with van der Waals surface area (Å²) < 4.78 is 2.49. The van der Waals surface area contributed by atoms with Gasteiger partial charge >= 0.3 is 0 Å². The largest absolute Gasteiger partial charge is 0.324 e. The number of halogens is 1. The molecule has 1 aromatic carbocycles. The number of hydrogen-bond acceptors (Lipinski definition) is 6. The minimum Gasteiger partial charge on any atom is -0.324 e. The van der Waals surface area contributed by atoms with E-state index in [0.29, 0.717) is 10.8 Å². The Hall–Kier alpha value is -1.50. The van der Waals surface area contributed by atoms with E-state index in [1.165, 1.54) is 11.8 Å². The van der Waals surface area contributed by atoms with Crippen LogP contribution in [-0.2, 0) is 11.8 Å². The van der Waals surface area contributed by atoms with Gasteiger partial charge in [-0.3, -0.25) is 4.79 Å². The highest BCUT2D eigenvalue weighted by molar-refractivity contribution is 9.10. The first-order chi connectivity index (χ1) is 10.1. The average molecular weight is 384 g/mol. The maximum Gasteiger partial charge on any atom is 0.234 e. The number of nitrogens with zero attached hydrogens (tertiary/aromatic N) is 4. The number of thioether (sulfide) groups is 2. The summed E-state index contributed by atoms with van der Waals surface area (Å²) in [5.74, 6) is 0.109. The maximum atomic E-state index is 11.9. The van der Waals surface area contributed by atoms with Crippen molar-refractivity contribution >= 4 is 51.0 Å². The summed E-state index contributed by atoms with van der Waals surface area (Å²) in [5, 5.41) is 21.8. The zero-order valence-corrected chi connectivity index (χ0v) is 14.1. The number of benzene rings is 1. The predicted octanol–water partition coefficient (Wildman–Crippen LogP) is 2.88. The van der Waals surface area contributed by atoms with Gasteiger partial charge in [0.05, 0.1) is 11.4 Å². The van der Waals surface area contributed by atoms with E-state index in [4.69, 9.17) is 5.26 Å². The molecule has 6 nitrogen and oxygen atoms in total. The molecule has 0 atom stereocenters. The fourth-order valence-electron chi connectivity index (χ4n) is 1.43. The van der Waals surface area contributed by atoms with Crippen LogP contribution in [0.2, 0.25) is 0 Å². The lowest BCUT2D eigenvalue weighted by atomic mass is 10.3. The minimum atomic E-state index is -0.135. The number of carbonyl (C=O) groups excluding carboxylic acids is 1. The Morgan fingerprint density at radius 2 is 2.38 bits per heavy atom. The second-order valence-electron chi connectivity index (χ2n) is 3.90. The van der Waals surface area contributed by atoms with Crippen LogP contribution in [-0.4, -0.2) is 26.4 Å². The minimum absolute atomic E-state index is 0.135. The topological polar surface area (TPSA) is 83.6 Å². The summed E-state index contributed by atoms with van der Waals surface area (Å²) >= 11 is 5.76. The fraction of sp³-hybridized carbons (Fsp3) is 0.167. The molecule has 1 N–H and O–H groups in total. The third-order valence-electron chi connectivity index (χ3n) is 2.38. The van der Waals surface area contributed by atoms with Gasteiger partial charge < -0.3 is 9.88 Å². The van der Waals surface area contributed by atoms with Crippen molar-refractivity contribution < 1.29 is 4.79 Å². The van der Waals surface area contributed by atoms with Crippen molar-refractivity contribution in [1.29, 1.82) is 5.26 Å². The highest BCUT2D eigenvalue weighted by Crippen LogP contribution is 2.28. The molecule has 2 aromatic rings. The SMILES string of the molecule is Cn1cnnc1SCC(=O)Nc1ccc(SC#N)cc1Br. The maximum absolute atomic E-state index is 11.9. The van der Waals surface area contributed by atoms with Crippen LogP contribution >= 0.6 is 39.5 Å². The lowest BCUT2D eigenvalue weighted by Gasteiger charge is -2.08. The first-order valence-corrected chi connectivity index (χ1v) is 8.32. The first kappa shape index (κ1) is 15.9. The second kappa shape index (κ2) is 7.49. The van der Waals surface area contributed by atoms with E-state index in [2.05, 4.69) is 31.4 Å². The predicted molar refractivity (Wildman–Crippen MR) is 86.0 cm³/mol. The molecule has 21 heavy (non-hydrogen) atoms. The molecule has 0 saturated carbocycles. The zero-order valence-electron chi connectivity index (χ0n) is 10.9. The summed E-state index contributed by atoms with van der Waals surface area (Å²) in [4.78, 5) is 12.7. The molecular weight excluding hydrogens is 374 g/mol. The van der Waals surface area contributed by atoms with Gasteiger partial charge in [0, 0.05) is 16.4 Å². The van der Waals surface area contributed by atoms with Crippen LogP contribution < -0.4 is 5.32 Å². The lowest BCUT2D eigenvalue weighted by Crippen LogP contribution is -2.14. The molecule has 108 valence electrons. The normalized spacial score (nSPS) is 10.1. The van der Waals surface area contributed by atoms with E-state index in [0.717, 1.165) is 21.1 Å². The number of carbonyl (C=O) groups is 1. The summed E-state index contributed by atoms with van der Waals surface area (Å²) in [5.41, 5.74) is 0.667. The number of aryl methyl sites for hydroxylation is 1. The van der Waals surface area contributed by atoms with Gasteiger partial charge in [-0.15, -0.1) is 10.2 Å². The molecule has 0 spiro atoms. The molecule has 1 heterocycles. The smallest absolute Gasteiger partial charge is 0.234 e. The highest BCUT2D eigenvalue weighted by Gasteiger charge is 2.09. The standard InChI is InChI=1S/C12H10BrN5OS2/c1-18-7-15-17-12(18)20-5-11(19)16-10-3-2-8(21-6-14)4-9(10)13/h2-4,7H,5H2,1H3,(H,16,19). The molecule has 0 fully saturated rings. The van der Waals surface area contributed by atoms with Crippen molar-refractivity contribution in [2.45, 2.75) is 10.1 Å². The van der Waals surface area contributed by atoms with Crippen LogP contribution in [0.3, 0.4) is 0 Å². The molecule has 1 aromatic heterocycles. The molecule has 0 unspecified atom stereocenters. The van der Waals surface area contributed by atoms with Crippen molar-refractivity contribution in [1.82, 2.24) is 14.8 Å². The quantitative estimate of drug-likeness (QED) is 0.631. The summed E-state index contributed by atoms with van der Waals surface area (Å²) in [6, 6.07) is 5.33. The number of nitrogens with one attached hydrogen (secondary N) is 1. The fourth-order valence-corrected chi connectivity index (χ4v) is 3.17. The van der Waals surface area contributed by atoms with Gasteiger partial charge in [0.15, 0.2) is 5.16 Å². The number of anilines is 1. The molecular formula is C12H10BrN5OS2. The van der Waals surface area contributed by atoms with Crippen LogP contribution in [0.1, 0.15) is 0 Å². The van der Waals surface area contributed by atoms with E-state index >= 15 is 0 Å². The van der Waals surface area contributed by atoms with Crippen LogP contribution in [0, 0.1) is 10.7 Å². The molecule has 9 heteroatoms. The Morgan fingerprint density at radius 1 is 1.57 bits per heavy atom. The van der Waals surface area contributed by atoms with Gasteiger partial charge in [-0.2, -0.15) is 5.26 Å². The highest BCUT2D eigenvalue weighted by atomic mass is 79.9. The Kier molecular flexibility index (Phi) is 5.67. The third kappa shape index (κ3) is 4.49. The van der Waals surface area contributed by atoms with Crippen molar-refractivity contribution in [2.75, 3.05) is 11.1 Å². The Balaban J connectivity index is 1.94. The van der Waals surface area contributed by atoms with Crippen molar-refractivity contribution in [3.05, 3.63) is 29.0 Å². The van der Waals surface area contributed by atoms with E-state index < -0.39 is 0 Å². The van der Waals surface area contributed by atoms with E-state index in [9.17, 15) is 4.79 Å². The van der Waals surface area contributed by atoms with Crippen LogP contribution in [0.25, 0.3) is 0 Å². The molecule has 0 aliphatic rings. The van der Waals surface area contributed by atoms with Crippen LogP contribution in [0.4, 0.5) is 5.69 Å². The number of amides is 1. The summed E-state index contributed by atoms with van der Waals surface area (Å²) in [7, 11) is 1.82. The van der Waals surface area contributed by atoms with Crippen LogP contribution in [0.5, 0.6) is 0 Å². The molecule has 0 bridgehead atoms. The molecule has 0 radical (unpaired) electrons. The molecule has 1 amide bonds. The monoisotopic (exact) mass is 383 g/mol. The Labute approximate surface area is 138 Å². The number of rotatable bonds is 5. The molecule has 0 aliphatic heterocycles. The van der Waals surface area contributed by atoms with E-state index in [-0.39, 0.29) is 11.7 Å². The van der Waals surface area contributed by atoms with Crippen LogP contribution in [0.15, 0.2) is 39.1 Å². The van der Waals surface area contributed by atoms with Crippen molar-refractivity contribution in [3.8, 4) is 5.40 Å². The number of thiocyanates is 1. The average Bonchev–Trinajstić information content (AvgIpc) is 2.85. The Bertz CT molecular complexity index is 697. The zero-order chi connectivity index (χ0) is 15.2. The van der Waals surface area contributed by atoms with E-state index in [1.807, 2.05) is 12.4 Å². The van der Waals surface area contributed by atoms with Gasteiger partial charge in [-0.25, -0.2) is 0 Å². The van der Waals surface area contributed by atoms with Gasteiger partial charge in [-0.1, -0.05) is 11.8 Å². The summed E-state index contributed by atoms with van der Waals surface area (Å²) in [6.07, 6.45) is 1.59. The van der Waals surface area contributed by atoms with E-state index in [1.54, 1.807) is 29.1 Å². The molecule has 0 aliphatic carbocycles. The van der Waals surface area contributed by atoms with Gasteiger partial charge in [-0.05, 0) is 45.9 Å².